The zero-order chi connectivity index (χ0) is 12.8. The lowest BCUT2D eigenvalue weighted by Gasteiger charge is -2.31. The molecule has 1 heterocycles. The van der Waals surface area contributed by atoms with Crippen LogP contribution in [0.15, 0.2) is 18.3 Å². The first kappa shape index (κ1) is 13.1. The molecule has 0 aliphatic heterocycles. The van der Waals surface area contributed by atoms with E-state index in [9.17, 15) is 0 Å². The molecule has 1 aliphatic carbocycles. The maximum Gasteiger partial charge on any atom is 0.141 e. The molecule has 1 aromatic rings. The molecule has 0 saturated heterocycles. The number of anilines is 2. The lowest BCUT2D eigenvalue weighted by molar-refractivity contribution is 0.313. The normalized spacial score (nSPS) is 18.3. The Balaban J connectivity index is 1.99. The Labute approximate surface area is 109 Å². The molecule has 1 aliphatic rings. The number of nitrogens with zero attached hydrogens (tertiary/aromatic N) is 1. The Morgan fingerprint density at radius 3 is 2.83 bits per heavy atom. The van der Waals surface area contributed by atoms with Crippen LogP contribution in [0.2, 0.25) is 0 Å². The molecule has 4 nitrogen and oxygen atoms in total. The van der Waals surface area contributed by atoms with Crippen molar-refractivity contribution in [3.05, 3.63) is 18.3 Å². The van der Waals surface area contributed by atoms with Crippen molar-refractivity contribution >= 4 is 11.5 Å². The first-order valence-corrected chi connectivity index (χ1v) is 7.02. The molecule has 18 heavy (non-hydrogen) atoms. The highest BCUT2D eigenvalue weighted by Crippen LogP contribution is 2.29. The van der Waals surface area contributed by atoms with E-state index in [1.54, 1.807) is 6.20 Å². The summed E-state index contributed by atoms with van der Waals surface area (Å²) in [5.74, 6) is 6.90. The van der Waals surface area contributed by atoms with E-state index in [0.29, 0.717) is 11.9 Å². The molecule has 100 valence electrons. The standard InChI is InChI=1S/C14H24N4/c1-2-13(11-6-4-3-5-7-11)17-12-8-9-16-14(10-12)18-15/h8-11,13H,2-7,15H2,1H3,(H2,16,17,18). The number of nitrogens with one attached hydrogen (secondary N) is 2. The first-order chi connectivity index (χ1) is 8.83. The van der Waals surface area contributed by atoms with E-state index in [-0.39, 0.29) is 0 Å². The Morgan fingerprint density at radius 2 is 2.17 bits per heavy atom. The van der Waals surface area contributed by atoms with Crippen molar-refractivity contribution in [2.24, 2.45) is 11.8 Å². The topological polar surface area (TPSA) is 63.0 Å². The second kappa shape index (κ2) is 6.59. The molecule has 4 heteroatoms. The molecule has 1 saturated carbocycles. The summed E-state index contributed by atoms with van der Waals surface area (Å²) in [7, 11) is 0. The number of hydrazine groups is 1. The third kappa shape index (κ3) is 3.35. The first-order valence-electron chi connectivity index (χ1n) is 7.02. The van der Waals surface area contributed by atoms with Gasteiger partial charge >= 0.3 is 0 Å². The average molecular weight is 248 g/mol. The van der Waals surface area contributed by atoms with Gasteiger partial charge in [-0.15, -0.1) is 0 Å². The summed E-state index contributed by atoms with van der Waals surface area (Å²) in [4.78, 5) is 4.13. The SMILES string of the molecule is CCC(Nc1ccnc(NN)c1)C1CCCCC1. The average Bonchev–Trinajstić information content (AvgIpc) is 2.46. The summed E-state index contributed by atoms with van der Waals surface area (Å²) >= 11 is 0. The number of nitrogens with two attached hydrogens (primary N) is 1. The highest BCUT2D eigenvalue weighted by Gasteiger charge is 2.22. The van der Waals surface area contributed by atoms with E-state index in [2.05, 4.69) is 22.7 Å². The molecule has 0 amide bonds. The number of nitrogen functional groups attached to an aromatic ring is 1. The van der Waals surface area contributed by atoms with Crippen LogP contribution in [0, 0.1) is 5.92 Å². The fraction of sp³-hybridized carbons (Fsp3) is 0.643. The summed E-state index contributed by atoms with van der Waals surface area (Å²) in [6.07, 6.45) is 9.84. The van der Waals surface area contributed by atoms with Gasteiger partial charge in [0.05, 0.1) is 0 Å². The van der Waals surface area contributed by atoms with Crippen LogP contribution in [0.1, 0.15) is 45.4 Å². The molecule has 0 bridgehead atoms. The molecule has 1 unspecified atom stereocenters. The maximum absolute atomic E-state index is 5.38. The number of pyridine rings is 1. The van der Waals surface area contributed by atoms with Crippen LogP contribution in [-0.2, 0) is 0 Å². The molecule has 0 radical (unpaired) electrons. The van der Waals surface area contributed by atoms with Gasteiger partial charge in [-0.25, -0.2) is 10.8 Å². The predicted molar refractivity (Wildman–Crippen MR) is 76.3 cm³/mol. The van der Waals surface area contributed by atoms with E-state index in [4.69, 9.17) is 5.84 Å². The van der Waals surface area contributed by atoms with Gasteiger partial charge in [-0.1, -0.05) is 26.2 Å². The van der Waals surface area contributed by atoms with Crippen molar-refractivity contribution in [2.75, 3.05) is 10.7 Å². The summed E-state index contributed by atoms with van der Waals surface area (Å²) in [6, 6.07) is 4.54. The summed E-state index contributed by atoms with van der Waals surface area (Å²) in [5, 5.41) is 3.64. The van der Waals surface area contributed by atoms with E-state index in [1.807, 2.05) is 12.1 Å². The molecular formula is C14H24N4. The van der Waals surface area contributed by atoms with Crippen molar-refractivity contribution < 1.29 is 0 Å². The zero-order valence-corrected chi connectivity index (χ0v) is 11.2. The van der Waals surface area contributed by atoms with Crippen molar-refractivity contribution in [2.45, 2.75) is 51.5 Å². The fourth-order valence-corrected chi connectivity index (χ4v) is 2.90. The van der Waals surface area contributed by atoms with Gasteiger partial charge in [-0.3, -0.25) is 0 Å². The monoisotopic (exact) mass is 248 g/mol. The molecule has 1 atom stereocenters. The van der Waals surface area contributed by atoms with Gasteiger partial charge < -0.3 is 10.7 Å². The van der Waals surface area contributed by atoms with Gasteiger partial charge in [0.2, 0.25) is 0 Å². The molecule has 0 aromatic carbocycles. The quantitative estimate of drug-likeness (QED) is 0.553. The lowest BCUT2D eigenvalue weighted by Crippen LogP contribution is -2.30. The van der Waals surface area contributed by atoms with Crippen LogP contribution in [0.25, 0.3) is 0 Å². The van der Waals surface area contributed by atoms with Crippen LogP contribution >= 0.6 is 0 Å². The van der Waals surface area contributed by atoms with Gasteiger partial charge in [0.1, 0.15) is 5.82 Å². The third-order valence-electron chi connectivity index (χ3n) is 3.92. The highest BCUT2D eigenvalue weighted by atomic mass is 15.2. The van der Waals surface area contributed by atoms with Crippen LogP contribution in [-0.4, -0.2) is 11.0 Å². The van der Waals surface area contributed by atoms with E-state index < -0.39 is 0 Å². The lowest BCUT2D eigenvalue weighted by atomic mass is 9.83. The Hall–Kier alpha value is -1.29. The van der Waals surface area contributed by atoms with E-state index in [0.717, 1.165) is 11.6 Å². The van der Waals surface area contributed by atoms with Crippen LogP contribution < -0.4 is 16.6 Å². The van der Waals surface area contributed by atoms with Gasteiger partial charge in [0, 0.05) is 24.0 Å². The Kier molecular flexibility index (Phi) is 4.81. The number of hydrogen-bond donors (Lipinski definition) is 3. The molecule has 4 N–H and O–H groups in total. The fourth-order valence-electron chi connectivity index (χ4n) is 2.90. The second-order valence-corrected chi connectivity index (χ2v) is 5.13. The summed E-state index contributed by atoms with van der Waals surface area (Å²) in [6.45, 7) is 2.26. The molecule has 2 rings (SSSR count). The third-order valence-corrected chi connectivity index (χ3v) is 3.92. The van der Waals surface area contributed by atoms with E-state index >= 15 is 0 Å². The van der Waals surface area contributed by atoms with Crippen molar-refractivity contribution in [1.82, 2.24) is 4.98 Å². The van der Waals surface area contributed by atoms with Gasteiger partial charge in [-0.05, 0) is 31.2 Å². The predicted octanol–water partition coefficient (Wildman–Crippen LogP) is 3.14. The van der Waals surface area contributed by atoms with E-state index in [1.165, 1.54) is 38.5 Å². The number of rotatable bonds is 5. The second-order valence-electron chi connectivity index (χ2n) is 5.13. The van der Waals surface area contributed by atoms with Crippen LogP contribution in [0.3, 0.4) is 0 Å². The summed E-state index contributed by atoms with van der Waals surface area (Å²) < 4.78 is 0. The smallest absolute Gasteiger partial charge is 0.141 e. The van der Waals surface area contributed by atoms with Crippen molar-refractivity contribution in [3.8, 4) is 0 Å². The largest absolute Gasteiger partial charge is 0.382 e. The van der Waals surface area contributed by atoms with Crippen molar-refractivity contribution in [1.29, 1.82) is 0 Å². The Morgan fingerprint density at radius 1 is 1.39 bits per heavy atom. The zero-order valence-electron chi connectivity index (χ0n) is 11.2. The minimum atomic E-state index is 0.568. The number of hydrogen-bond acceptors (Lipinski definition) is 4. The summed E-state index contributed by atoms with van der Waals surface area (Å²) in [5.41, 5.74) is 3.69. The van der Waals surface area contributed by atoms with Crippen LogP contribution in [0.5, 0.6) is 0 Å². The minimum Gasteiger partial charge on any atom is -0.382 e. The molecule has 1 aromatic heterocycles. The molecular weight excluding hydrogens is 224 g/mol. The molecule has 1 fully saturated rings. The van der Waals surface area contributed by atoms with Crippen LogP contribution in [0.4, 0.5) is 11.5 Å². The minimum absolute atomic E-state index is 0.568. The van der Waals surface area contributed by atoms with Gasteiger partial charge in [0.25, 0.3) is 0 Å². The van der Waals surface area contributed by atoms with Crippen molar-refractivity contribution in [3.63, 3.8) is 0 Å². The molecule has 0 spiro atoms. The number of aromatic nitrogens is 1. The van der Waals surface area contributed by atoms with Gasteiger partial charge in [-0.2, -0.15) is 0 Å². The highest BCUT2D eigenvalue weighted by molar-refractivity contribution is 5.51. The maximum atomic E-state index is 5.38. The van der Waals surface area contributed by atoms with Gasteiger partial charge in [0.15, 0.2) is 0 Å². The Bertz CT molecular complexity index is 361.